The number of hydrogen-bond acceptors (Lipinski definition) is 1. The lowest BCUT2D eigenvalue weighted by Gasteiger charge is -2.04. The van der Waals surface area contributed by atoms with E-state index in [0.29, 0.717) is 5.78 Å². The van der Waals surface area contributed by atoms with Crippen LogP contribution in [0.1, 0.15) is 51.9 Å². The summed E-state index contributed by atoms with van der Waals surface area (Å²) in [4.78, 5) is 11.4. The van der Waals surface area contributed by atoms with Gasteiger partial charge in [-0.25, -0.2) is 0 Å². The van der Waals surface area contributed by atoms with Crippen LogP contribution in [0.5, 0.6) is 0 Å². The summed E-state index contributed by atoms with van der Waals surface area (Å²) in [6.07, 6.45) is 8.90. The van der Waals surface area contributed by atoms with E-state index in [-0.39, 0.29) is 7.92 Å². The second-order valence-electron chi connectivity index (χ2n) is 4.26. The fourth-order valence-corrected chi connectivity index (χ4v) is 2.26. The predicted octanol–water partition coefficient (Wildman–Crippen LogP) is 4.05. The molecule has 0 rings (SSSR count). The third-order valence-electron chi connectivity index (χ3n) is 2.37. The predicted molar refractivity (Wildman–Crippen MR) is 66.6 cm³/mol. The number of rotatable bonds is 9. The summed E-state index contributed by atoms with van der Waals surface area (Å²) >= 11 is 0. The molecule has 0 saturated heterocycles. The van der Waals surface area contributed by atoms with Gasteiger partial charge in [-0.05, 0) is 32.3 Å². The van der Waals surface area contributed by atoms with Crippen LogP contribution in [0.15, 0.2) is 0 Å². The maximum absolute atomic E-state index is 11.4. The molecule has 0 aliphatic heterocycles. The smallest absolute Gasteiger partial charge is 0.132 e. The maximum Gasteiger partial charge on any atom is 0.132 e. The monoisotopic (exact) mass is 216 g/mol. The summed E-state index contributed by atoms with van der Waals surface area (Å²) in [5.74, 6) is 0.484. The Morgan fingerprint density at radius 1 is 1.00 bits per heavy atom. The molecule has 0 N–H and O–H groups in total. The van der Waals surface area contributed by atoms with Crippen molar-refractivity contribution < 1.29 is 4.79 Å². The molecule has 0 aliphatic rings. The zero-order chi connectivity index (χ0) is 10.8. The summed E-state index contributed by atoms with van der Waals surface area (Å²) in [6, 6.07) is 0. The number of hydrogen-bond donors (Lipinski definition) is 0. The Balaban J connectivity index is 3.20. The number of carbonyl (C=O) groups excluding carboxylic acids is 1. The SMILES string of the molecule is CCCCCCC(=O)CCCP(C)C. The molecule has 0 unspecified atom stereocenters. The quantitative estimate of drug-likeness (QED) is 0.420. The van der Waals surface area contributed by atoms with E-state index in [9.17, 15) is 4.79 Å². The van der Waals surface area contributed by atoms with E-state index in [0.717, 1.165) is 25.7 Å². The fraction of sp³-hybridized carbons (Fsp3) is 0.917. The van der Waals surface area contributed by atoms with Gasteiger partial charge in [0.15, 0.2) is 0 Å². The Hall–Kier alpha value is 0.100. The van der Waals surface area contributed by atoms with Crippen LogP contribution in [-0.2, 0) is 4.79 Å². The first kappa shape index (κ1) is 14.1. The van der Waals surface area contributed by atoms with E-state index >= 15 is 0 Å². The van der Waals surface area contributed by atoms with Crippen molar-refractivity contribution in [1.29, 1.82) is 0 Å². The number of ketones is 1. The molecule has 0 aliphatic carbocycles. The zero-order valence-corrected chi connectivity index (χ0v) is 10.9. The van der Waals surface area contributed by atoms with Crippen molar-refractivity contribution in [3.05, 3.63) is 0 Å². The summed E-state index contributed by atoms with van der Waals surface area (Å²) in [6.45, 7) is 6.76. The standard InChI is InChI=1S/C12H25OP/c1-4-5-6-7-9-12(13)10-8-11-14(2)3/h4-11H2,1-3H3. The Morgan fingerprint density at radius 2 is 1.64 bits per heavy atom. The van der Waals surface area contributed by atoms with E-state index in [1.807, 2.05) is 0 Å². The second kappa shape index (κ2) is 9.65. The van der Waals surface area contributed by atoms with Gasteiger partial charge in [-0.3, -0.25) is 4.79 Å². The first-order valence-electron chi connectivity index (χ1n) is 5.83. The maximum atomic E-state index is 11.4. The lowest BCUT2D eigenvalue weighted by molar-refractivity contribution is -0.119. The zero-order valence-electron chi connectivity index (χ0n) is 10.0. The highest BCUT2D eigenvalue weighted by Crippen LogP contribution is 2.25. The summed E-state index contributed by atoms with van der Waals surface area (Å²) in [5.41, 5.74) is 0. The largest absolute Gasteiger partial charge is 0.300 e. The minimum Gasteiger partial charge on any atom is -0.300 e. The summed E-state index contributed by atoms with van der Waals surface area (Å²) in [7, 11) is 0.198. The van der Waals surface area contributed by atoms with E-state index in [4.69, 9.17) is 0 Å². The fourth-order valence-electron chi connectivity index (χ4n) is 1.47. The average molecular weight is 216 g/mol. The minimum absolute atomic E-state index is 0.198. The average Bonchev–Trinajstić information content (AvgIpc) is 2.12. The van der Waals surface area contributed by atoms with Crippen LogP contribution < -0.4 is 0 Å². The number of Topliss-reactive ketones (excluding diaryl/α,β-unsaturated/α-hetero) is 1. The molecule has 1 nitrogen and oxygen atoms in total. The molecule has 0 aromatic carbocycles. The lowest BCUT2D eigenvalue weighted by Crippen LogP contribution is -1.98. The van der Waals surface area contributed by atoms with Gasteiger partial charge < -0.3 is 0 Å². The highest BCUT2D eigenvalue weighted by atomic mass is 31.1. The topological polar surface area (TPSA) is 17.1 Å². The molecule has 0 spiro atoms. The molecule has 84 valence electrons. The Labute approximate surface area is 90.4 Å². The Bertz CT molecular complexity index is 143. The highest BCUT2D eigenvalue weighted by Gasteiger charge is 2.02. The van der Waals surface area contributed by atoms with Gasteiger partial charge in [0.1, 0.15) is 5.78 Å². The van der Waals surface area contributed by atoms with Crippen molar-refractivity contribution in [2.24, 2.45) is 0 Å². The summed E-state index contributed by atoms with van der Waals surface area (Å²) in [5, 5.41) is 0. The molecule has 14 heavy (non-hydrogen) atoms. The molecule has 2 heteroatoms. The van der Waals surface area contributed by atoms with E-state index in [1.165, 1.54) is 25.4 Å². The molecule has 0 bridgehead atoms. The first-order valence-corrected chi connectivity index (χ1v) is 8.25. The molecule has 0 atom stereocenters. The molecule has 0 heterocycles. The molecule has 0 saturated carbocycles. The molecular weight excluding hydrogens is 191 g/mol. The van der Waals surface area contributed by atoms with Crippen LogP contribution in [0.2, 0.25) is 0 Å². The molecular formula is C12H25OP. The number of unbranched alkanes of at least 4 members (excludes halogenated alkanes) is 3. The number of carbonyl (C=O) groups is 1. The normalized spacial score (nSPS) is 10.9. The van der Waals surface area contributed by atoms with Crippen LogP contribution in [0.25, 0.3) is 0 Å². The third kappa shape index (κ3) is 10.2. The Morgan fingerprint density at radius 3 is 2.21 bits per heavy atom. The second-order valence-corrected chi connectivity index (χ2v) is 6.86. The molecule has 0 radical (unpaired) electrons. The minimum atomic E-state index is 0.198. The summed E-state index contributed by atoms with van der Waals surface area (Å²) < 4.78 is 0. The molecule has 0 fully saturated rings. The van der Waals surface area contributed by atoms with Gasteiger partial charge in [-0.1, -0.05) is 26.2 Å². The Kier molecular flexibility index (Phi) is 9.72. The van der Waals surface area contributed by atoms with Crippen molar-refractivity contribution in [1.82, 2.24) is 0 Å². The highest BCUT2D eigenvalue weighted by molar-refractivity contribution is 7.55. The van der Waals surface area contributed by atoms with Gasteiger partial charge in [0.2, 0.25) is 0 Å². The van der Waals surface area contributed by atoms with Gasteiger partial charge >= 0.3 is 0 Å². The lowest BCUT2D eigenvalue weighted by atomic mass is 10.1. The van der Waals surface area contributed by atoms with E-state index < -0.39 is 0 Å². The van der Waals surface area contributed by atoms with Crippen molar-refractivity contribution in [2.45, 2.75) is 51.9 Å². The van der Waals surface area contributed by atoms with E-state index in [1.54, 1.807) is 0 Å². The van der Waals surface area contributed by atoms with Crippen molar-refractivity contribution in [2.75, 3.05) is 19.5 Å². The first-order chi connectivity index (χ1) is 6.66. The van der Waals surface area contributed by atoms with Crippen LogP contribution in [0.3, 0.4) is 0 Å². The van der Waals surface area contributed by atoms with Crippen LogP contribution >= 0.6 is 7.92 Å². The van der Waals surface area contributed by atoms with Crippen molar-refractivity contribution in [3.63, 3.8) is 0 Å². The van der Waals surface area contributed by atoms with Crippen molar-refractivity contribution >= 4 is 13.7 Å². The van der Waals surface area contributed by atoms with Gasteiger partial charge in [0.25, 0.3) is 0 Å². The van der Waals surface area contributed by atoms with E-state index in [2.05, 4.69) is 20.3 Å². The van der Waals surface area contributed by atoms with Gasteiger partial charge in [0, 0.05) is 12.8 Å². The molecule has 0 aromatic heterocycles. The van der Waals surface area contributed by atoms with Gasteiger partial charge in [0.05, 0.1) is 0 Å². The van der Waals surface area contributed by atoms with Crippen molar-refractivity contribution in [3.8, 4) is 0 Å². The van der Waals surface area contributed by atoms with Crippen LogP contribution in [-0.4, -0.2) is 25.3 Å². The van der Waals surface area contributed by atoms with Gasteiger partial charge in [-0.15, -0.1) is 7.92 Å². The third-order valence-corrected chi connectivity index (χ3v) is 3.58. The molecule has 0 amide bonds. The van der Waals surface area contributed by atoms with Crippen LogP contribution in [0, 0.1) is 0 Å². The van der Waals surface area contributed by atoms with Crippen LogP contribution in [0.4, 0.5) is 0 Å². The van der Waals surface area contributed by atoms with Gasteiger partial charge in [-0.2, -0.15) is 0 Å². The molecule has 0 aromatic rings.